The third-order valence-corrected chi connectivity index (χ3v) is 4.93. The average Bonchev–Trinajstić information content (AvgIpc) is 2.52. The van der Waals surface area contributed by atoms with Crippen LogP contribution in [-0.2, 0) is 4.74 Å². The van der Waals surface area contributed by atoms with Crippen molar-refractivity contribution in [3.63, 3.8) is 0 Å². The highest BCUT2D eigenvalue weighted by atomic mass is 16.5. The van der Waals surface area contributed by atoms with Crippen molar-refractivity contribution >= 4 is 12.1 Å². The molecule has 0 saturated carbocycles. The topological polar surface area (TPSA) is 66.8 Å². The van der Waals surface area contributed by atoms with Crippen molar-refractivity contribution in [1.29, 1.82) is 0 Å². The van der Waals surface area contributed by atoms with E-state index in [0.717, 1.165) is 31.2 Å². The van der Waals surface area contributed by atoms with Crippen molar-refractivity contribution in [2.24, 2.45) is 5.92 Å². The van der Waals surface area contributed by atoms with Gasteiger partial charge in [0.15, 0.2) is 0 Å². The number of methoxy groups -OCH3 is 1. The maximum Gasteiger partial charge on any atom is 0.407 e. The lowest BCUT2D eigenvalue weighted by atomic mass is 9.77. The van der Waals surface area contributed by atoms with Crippen LogP contribution in [0, 0.1) is 5.92 Å². The van der Waals surface area contributed by atoms with Crippen LogP contribution in [0.15, 0.2) is 35.9 Å². The third-order valence-electron chi connectivity index (χ3n) is 4.93. The summed E-state index contributed by atoms with van der Waals surface area (Å²) >= 11 is 0. The van der Waals surface area contributed by atoms with Gasteiger partial charge < -0.3 is 14.7 Å². The van der Waals surface area contributed by atoms with Gasteiger partial charge in [0.2, 0.25) is 0 Å². The van der Waals surface area contributed by atoms with Crippen LogP contribution in [0.4, 0.5) is 4.79 Å². The minimum absolute atomic E-state index is 0.153. The molecule has 1 aliphatic heterocycles. The van der Waals surface area contributed by atoms with Gasteiger partial charge in [-0.2, -0.15) is 0 Å². The number of amides is 1. The highest BCUT2D eigenvalue weighted by molar-refractivity contribution is 5.89. The van der Waals surface area contributed by atoms with Crippen molar-refractivity contribution in [3.05, 3.63) is 47.0 Å². The van der Waals surface area contributed by atoms with E-state index in [9.17, 15) is 14.7 Å². The highest BCUT2D eigenvalue weighted by Crippen LogP contribution is 2.41. The second-order valence-electron chi connectivity index (χ2n) is 6.14. The van der Waals surface area contributed by atoms with Gasteiger partial charge in [0.1, 0.15) is 0 Å². The summed E-state index contributed by atoms with van der Waals surface area (Å²) in [5.74, 6) is 0.0948. The Morgan fingerprint density at radius 3 is 2.48 bits per heavy atom. The van der Waals surface area contributed by atoms with Crippen molar-refractivity contribution in [2.75, 3.05) is 13.7 Å². The number of piperidine rings is 1. The Kier molecular flexibility index (Phi) is 4.37. The van der Waals surface area contributed by atoms with Gasteiger partial charge in [0.25, 0.3) is 0 Å². The summed E-state index contributed by atoms with van der Waals surface area (Å²) in [4.78, 5) is 24.6. The Morgan fingerprint density at radius 1 is 1.26 bits per heavy atom. The number of rotatable bonds is 3. The molecule has 5 nitrogen and oxygen atoms in total. The molecular weight excluding hydrogens is 294 g/mol. The molecule has 2 unspecified atom stereocenters. The highest BCUT2D eigenvalue weighted by Gasteiger charge is 2.34. The Labute approximate surface area is 135 Å². The predicted molar refractivity (Wildman–Crippen MR) is 85.3 cm³/mol. The van der Waals surface area contributed by atoms with Gasteiger partial charge in [-0.05, 0) is 49.3 Å². The number of carbonyl (C=O) groups excluding carboxylic acids is 1. The Bertz CT molecular complexity index is 635. The standard InChI is InChI=1S/C18H21NO4/c1-23-17(20)14-7-5-13(6-8-14)16-11-15(12-3-2-4-12)9-10-19(16)18(21)22/h3,5-8,15-16H,2,4,9-11H2,1H3,(H,21,22). The Hall–Kier alpha value is -2.30. The first-order valence-electron chi connectivity index (χ1n) is 7.97. The van der Waals surface area contributed by atoms with E-state index in [4.69, 9.17) is 4.74 Å². The molecule has 1 aliphatic carbocycles. The molecule has 1 fully saturated rings. The van der Waals surface area contributed by atoms with E-state index in [1.807, 2.05) is 12.1 Å². The minimum Gasteiger partial charge on any atom is -0.465 e. The fraction of sp³-hybridized carbons (Fsp3) is 0.444. The van der Waals surface area contributed by atoms with E-state index < -0.39 is 6.09 Å². The monoisotopic (exact) mass is 315 g/mol. The van der Waals surface area contributed by atoms with E-state index in [1.165, 1.54) is 17.6 Å². The molecule has 2 atom stereocenters. The molecule has 2 aliphatic rings. The molecule has 1 amide bonds. The number of hydrogen-bond acceptors (Lipinski definition) is 3. The zero-order valence-corrected chi connectivity index (χ0v) is 13.2. The summed E-state index contributed by atoms with van der Waals surface area (Å²) in [6.07, 6.45) is 5.40. The predicted octanol–water partition coefficient (Wildman–Crippen LogP) is 3.62. The Balaban J connectivity index is 1.83. The molecule has 23 heavy (non-hydrogen) atoms. The van der Waals surface area contributed by atoms with Gasteiger partial charge >= 0.3 is 12.1 Å². The number of carboxylic acid groups (broad SMARTS) is 1. The first-order valence-corrected chi connectivity index (χ1v) is 7.97. The fourth-order valence-corrected chi connectivity index (χ4v) is 3.49. The lowest BCUT2D eigenvalue weighted by molar-refractivity contribution is 0.0600. The number of likely N-dealkylation sites (tertiary alicyclic amines) is 1. The van der Waals surface area contributed by atoms with Crippen LogP contribution in [0.2, 0.25) is 0 Å². The van der Waals surface area contributed by atoms with Crippen LogP contribution in [0.5, 0.6) is 0 Å². The smallest absolute Gasteiger partial charge is 0.407 e. The molecule has 1 N–H and O–H groups in total. The van der Waals surface area contributed by atoms with Gasteiger partial charge in [-0.15, -0.1) is 0 Å². The molecule has 3 rings (SSSR count). The first kappa shape index (κ1) is 15.6. The first-order chi connectivity index (χ1) is 11.1. The zero-order chi connectivity index (χ0) is 16.4. The minimum atomic E-state index is -0.881. The molecule has 1 aromatic carbocycles. The second-order valence-corrected chi connectivity index (χ2v) is 6.14. The maximum atomic E-state index is 11.6. The molecule has 0 bridgehead atoms. The van der Waals surface area contributed by atoms with E-state index in [2.05, 4.69) is 6.08 Å². The lowest BCUT2D eigenvalue weighted by Crippen LogP contribution is -2.41. The largest absolute Gasteiger partial charge is 0.465 e. The number of allylic oxidation sites excluding steroid dienone is 2. The summed E-state index contributed by atoms with van der Waals surface area (Å²) < 4.78 is 4.70. The van der Waals surface area contributed by atoms with Crippen LogP contribution in [0.1, 0.15) is 47.6 Å². The number of esters is 1. The van der Waals surface area contributed by atoms with Crippen LogP contribution in [0.25, 0.3) is 0 Å². The summed E-state index contributed by atoms with van der Waals surface area (Å²) in [5.41, 5.74) is 2.89. The molecule has 0 spiro atoms. The van der Waals surface area contributed by atoms with Crippen molar-refractivity contribution in [2.45, 2.75) is 31.7 Å². The number of hydrogen-bond donors (Lipinski definition) is 1. The van der Waals surface area contributed by atoms with E-state index >= 15 is 0 Å². The summed E-state index contributed by atoms with van der Waals surface area (Å²) in [6, 6.07) is 6.93. The van der Waals surface area contributed by atoms with E-state index in [-0.39, 0.29) is 12.0 Å². The summed E-state index contributed by atoms with van der Waals surface area (Å²) in [5, 5.41) is 9.48. The van der Waals surface area contributed by atoms with Crippen LogP contribution in [0.3, 0.4) is 0 Å². The van der Waals surface area contributed by atoms with Gasteiger partial charge in [-0.1, -0.05) is 23.8 Å². The fourth-order valence-electron chi connectivity index (χ4n) is 3.49. The van der Waals surface area contributed by atoms with Crippen LogP contribution < -0.4 is 0 Å². The molecule has 0 radical (unpaired) electrons. The van der Waals surface area contributed by atoms with Gasteiger partial charge in [-0.25, -0.2) is 9.59 Å². The summed E-state index contributed by atoms with van der Waals surface area (Å²) in [6.45, 7) is 0.556. The SMILES string of the molecule is COC(=O)c1ccc(C2CC(C3=CCC3)CCN2C(=O)O)cc1. The molecule has 1 heterocycles. The number of ether oxygens (including phenoxy) is 1. The van der Waals surface area contributed by atoms with Crippen molar-refractivity contribution < 1.29 is 19.4 Å². The maximum absolute atomic E-state index is 11.6. The van der Waals surface area contributed by atoms with Gasteiger partial charge in [0.05, 0.1) is 18.7 Å². The molecule has 1 saturated heterocycles. The molecule has 122 valence electrons. The lowest BCUT2D eigenvalue weighted by Gasteiger charge is -2.40. The van der Waals surface area contributed by atoms with Crippen LogP contribution >= 0.6 is 0 Å². The van der Waals surface area contributed by atoms with E-state index in [1.54, 1.807) is 12.1 Å². The number of carbonyl (C=O) groups is 2. The van der Waals surface area contributed by atoms with Gasteiger partial charge in [0, 0.05) is 6.54 Å². The quantitative estimate of drug-likeness (QED) is 0.683. The van der Waals surface area contributed by atoms with Crippen LogP contribution in [-0.4, -0.2) is 35.7 Å². The average molecular weight is 315 g/mol. The zero-order valence-electron chi connectivity index (χ0n) is 13.2. The molecule has 0 aromatic heterocycles. The molecule has 1 aromatic rings. The summed E-state index contributed by atoms with van der Waals surface area (Å²) in [7, 11) is 1.35. The van der Waals surface area contributed by atoms with Crippen molar-refractivity contribution in [3.8, 4) is 0 Å². The second kappa shape index (κ2) is 6.44. The van der Waals surface area contributed by atoms with Crippen molar-refractivity contribution in [1.82, 2.24) is 4.90 Å². The number of nitrogens with zero attached hydrogens (tertiary/aromatic N) is 1. The molecule has 5 heteroatoms. The molecular formula is C18H21NO4. The Morgan fingerprint density at radius 2 is 1.96 bits per heavy atom. The third kappa shape index (κ3) is 3.09. The van der Waals surface area contributed by atoms with E-state index in [0.29, 0.717) is 18.0 Å². The van der Waals surface area contributed by atoms with Gasteiger partial charge in [-0.3, -0.25) is 0 Å². The number of benzene rings is 1. The normalized spacial score (nSPS) is 23.7.